The lowest BCUT2D eigenvalue weighted by molar-refractivity contribution is -0.144. The van der Waals surface area contributed by atoms with E-state index in [1.54, 1.807) is 0 Å². The molecule has 0 aliphatic heterocycles. The number of hydrogen-bond donors (Lipinski definition) is 2. The van der Waals surface area contributed by atoms with Crippen LogP contribution in [0.1, 0.15) is 232 Å². The van der Waals surface area contributed by atoms with E-state index in [9.17, 15) is 14.7 Å². The van der Waals surface area contributed by atoms with Crippen LogP contribution in [-0.2, 0) is 9.59 Å². The van der Waals surface area contributed by atoms with Crippen molar-refractivity contribution in [1.29, 1.82) is 0 Å². The summed E-state index contributed by atoms with van der Waals surface area (Å²) in [6, 6.07) is -0.677. The van der Waals surface area contributed by atoms with E-state index < -0.39 is 18.0 Å². The van der Waals surface area contributed by atoms with Crippen LogP contribution in [0.4, 0.5) is 0 Å². The average Bonchev–Trinajstić information content (AvgIpc) is 3.03. The number of rotatable bonds is 39. The zero-order chi connectivity index (χ0) is 33.8. The third kappa shape index (κ3) is 32.8. The van der Waals surface area contributed by atoms with Gasteiger partial charge in [-0.25, -0.2) is 0 Å². The lowest BCUT2D eigenvalue weighted by atomic mass is 10.0. The maximum Gasteiger partial charge on any atom is 0.320 e. The van der Waals surface area contributed by atoms with Gasteiger partial charge < -0.3 is 10.2 Å². The van der Waals surface area contributed by atoms with Crippen LogP contribution in [-0.4, -0.2) is 46.2 Å². The molecule has 0 aromatic carbocycles. The van der Waals surface area contributed by atoms with Gasteiger partial charge in [0.1, 0.15) is 6.04 Å². The smallest absolute Gasteiger partial charge is 0.320 e. The molecule has 274 valence electrons. The third-order valence-corrected chi connectivity index (χ3v) is 9.96. The maximum atomic E-state index is 12.1. The molecule has 0 aliphatic rings. The Morgan fingerprint density at radius 3 is 0.870 bits per heavy atom. The summed E-state index contributed by atoms with van der Waals surface area (Å²) in [5.41, 5.74) is 0. The molecule has 0 unspecified atom stereocenters. The SMILES string of the molecule is CCCCCCCCCCCCCCCCCCN(CCCCCCCCCCCCCCCCCC)[C@@H](CCC(=O)O)C(=O)O. The third-order valence-electron chi connectivity index (χ3n) is 9.96. The van der Waals surface area contributed by atoms with Crippen molar-refractivity contribution in [3.05, 3.63) is 0 Å². The van der Waals surface area contributed by atoms with Crippen LogP contribution in [0.25, 0.3) is 0 Å². The monoisotopic (exact) mass is 652 g/mol. The van der Waals surface area contributed by atoms with E-state index >= 15 is 0 Å². The van der Waals surface area contributed by atoms with Crippen LogP contribution in [0.5, 0.6) is 0 Å². The Hall–Kier alpha value is -1.10. The quantitative estimate of drug-likeness (QED) is 0.0647. The van der Waals surface area contributed by atoms with Crippen molar-refractivity contribution in [3.63, 3.8) is 0 Å². The Bertz CT molecular complexity index is 604. The normalized spacial score (nSPS) is 12.2. The van der Waals surface area contributed by atoms with Crippen molar-refractivity contribution >= 4 is 11.9 Å². The van der Waals surface area contributed by atoms with Crippen molar-refractivity contribution in [2.75, 3.05) is 13.1 Å². The lowest BCUT2D eigenvalue weighted by Gasteiger charge is -2.28. The van der Waals surface area contributed by atoms with E-state index in [0.717, 1.165) is 38.8 Å². The molecule has 0 bridgehead atoms. The molecule has 2 N–H and O–H groups in total. The van der Waals surface area contributed by atoms with E-state index in [1.807, 2.05) is 0 Å². The zero-order valence-corrected chi connectivity index (χ0v) is 31.2. The van der Waals surface area contributed by atoms with Gasteiger partial charge in [-0.05, 0) is 32.4 Å². The van der Waals surface area contributed by atoms with Crippen molar-refractivity contribution in [2.24, 2.45) is 0 Å². The number of unbranched alkanes of at least 4 members (excludes halogenated alkanes) is 30. The zero-order valence-electron chi connectivity index (χ0n) is 31.2. The van der Waals surface area contributed by atoms with Gasteiger partial charge in [-0.15, -0.1) is 0 Å². The molecule has 46 heavy (non-hydrogen) atoms. The number of carboxylic acids is 2. The highest BCUT2D eigenvalue weighted by Gasteiger charge is 2.25. The molecule has 0 radical (unpaired) electrons. The van der Waals surface area contributed by atoms with Gasteiger partial charge in [-0.1, -0.05) is 206 Å². The second kappa shape index (κ2) is 36.7. The van der Waals surface area contributed by atoms with Crippen LogP contribution in [0.15, 0.2) is 0 Å². The average molecular weight is 652 g/mol. The molecule has 0 saturated heterocycles. The highest BCUT2D eigenvalue weighted by molar-refractivity contribution is 5.75. The molecule has 0 fully saturated rings. The Morgan fingerprint density at radius 2 is 0.652 bits per heavy atom. The molecule has 0 aromatic rings. The van der Waals surface area contributed by atoms with Crippen molar-refractivity contribution in [2.45, 2.75) is 238 Å². The molecular weight excluding hydrogens is 570 g/mol. The second-order valence-electron chi connectivity index (χ2n) is 14.4. The maximum absolute atomic E-state index is 12.1. The summed E-state index contributed by atoms with van der Waals surface area (Å²) in [6.45, 7) is 6.10. The Balaban J connectivity index is 3.99. The van der Waals surface area contributed by atoms with Crippen LogP contribution in [0.2, 0.25) is 0 Å². The summed E-state index contributed by atoms with van der Waals surface area (Å²) in [5.74, 6) is -1.77. The highest BCUT2D eigenvalue weighted by atomic mass is 16.4. The van der Waals surface area contributed by atoms with Gasteiger partial charge in [-0.2, -0.15) is 0 Å². The van der Waals surface area contributed by atoms with Crippen LogP contribution in [0, 0.1) is 0 Å². The molecule has 0 rings (SSSR count). The predicted octanol–water partition coefficient (Wildman–Crippen LogP) is 13.1. The predicted molar refractivity (Wildman–Crippen MR) is 199 cm³/mol. The Kier molecular flexibility index (Phi) is 35.9. The topological polar surface area (TPSA) is 77.8 Å². The van der Waals surface area contributed by atoms with Gasteiger partial charge in [0.2, 0.25) is 0 Å². The Morgan fingerprint density at radius 1 is 0.413 bits per heavy atom. The number of carboxylic acid groups (broad SMARTS) is 2. The molecule has 5 heteroatoms. The van der Waals surface area contributed by atoms with Gasteiger partial charge in [0, 0.05) is 6.42 Å². The fourth-order valence-electron chi connectivity index (χ4n) is 6.87. The number of nitrogens with zero attached hydrogens (tertiary/aromatic N) is 1. The van der Waals surface area contributed by atoms with Gasteiger partial charge in [-0.3, -0.25) is 14.5 Å². The minimum atomic E-state index is -0.906. The summed E-state index contributed by atoms with van der Waals surface area (Å²) in [7, 11) is 0. The van der Waals surface area contributed by atoms with Crippen LogP contribution < -0.4 is 0 Å². The van der Waals surface area contributed by atoms with E-state index in [1.165, 1.54) is 180 Å². The summed E-state index contributed by atoms with van der Waals surface area (Å²) in [6.07, 6.45) is 42.6. The first-order chi connectivity index (χ1) is 22.5. The van der Waals surface area contributed by atoms with Gasteiger partial charge >= 0.3 is 11.9 Å². The first-order valence-electron chi connectivity index (χ1n) is 20.7. The number of carbonyl (C=O) groups is 2. The molecular formula is C41H81NO4. The lowest BCUT2D eigenvalue weighted by Crippen LogP contribution is -2.42. The fourth-order valence-corrected chi connectivity index (χ4v) is 6.87. The summed E-state index contributed by atoms with van der Waals surface area (Å²) in [4.78, 5) is 25.3. The Labute approximate surface area is 287 Å². The molecule has 0 saturated carbocycles. The number of aliphatic carboxylic acids is 2. The summed E-state index contributed by atoms with van der Waals surface area (Å²) >= 11 is 0. The van der Waals surface area contributed by atoms with E-state index in [2.05, 4.69) is 18.7 Å². The van der Waals surface area contributed by atoms with E-state index in [-0.39, 0.29) is 12.8 Å². The van der Waals surface area contributed by atoms with E-state index in [0.29, 0.717) is 0 Å². The van der Waals surface area contributed by atoms with Crippen molar-refractivity contribution in [1.82, 2.24) is 4.90 Å². The van der Waals surface area contributed by atoms with E-state index in [4.69, 9.17) is 5.11 Å². The highest BCUT2D eigenvalue weighted by Crippen LogP contribution is 2.17. The van der Waals surface area contributed by atoms with Crippen LogP contribution in [0.3, 0.4) is 0 Å². The van der Waals surface area contributed by atoms with Crippen LogP contribution >= 0.6 is 0 Å². The minimum absolute atomic E-state index is 0.0780. The largest absolute Gasteiger partial charge is 0.481 e. The standard InChI is InChI=1S/C41H81NO4/c1-3-5-7-9-11-13-15-17-19-21-23-25-27-29-31-33-37-42(39(41(45)46)35-36-40(43)44)38-34-32-30-28-26-24-22-20-18-16-14-12-10-8-6-4-2/h39H,3-38H2,1-2H3,(H,43,44)(H,45,46)/t39-/m0/s1. The summed E-state index contributed by atoms with van der Waals surface area (Å²) < 4.78 is 0. The summed E-state index contributed by atoms with van der Waals surface area (Å²) in [5, 5.41) is 19.1. The van der Waals surface area contributed by atoms with Gasteiger partial charge in [0.25, 0.3) is 0 Å². The molecule has 0 aliphatic carbocycles. The molecule has 5 nitrogen and oxygen atoms in total. The second-order valence-corrected chi connectivity index (χ2v) is 14.4. The first-order valence-corrected chi connectivity index (χ1v) is 20.7. The van der Waals surface area contributed by atoms with Crippen molar-refractivity contribution < 1.29 is 19.8 Å². The van der Waals surface area contributed by atoms with Gasteiger partial charge in [0.05, 0.1) is 0 Å². The first kappa shape index (κ1) is 44.9. The molecule has 0 heterocycles. The number of hydrogen-bond acceptors (Lipinski definition) is 3. The van der Waals surface area contributed by atoms with Gasteiger partial charge in [0.15, 0.2) is 0 Å². The molecule has 0 aromatic heterocycles. The molecule has 0 amide bonds. The minimum Gasteiger partial charge on any atom is -0.481 e. The molecule has 0 spiro atoms. The van der Waals surface area contributed by atoms with Crippen molar-refractivity contribution in [3.8, 4) is 0 Å². The fraction of sp³-hybridized carbons (Fsp3) is 0.951. The molecule has 1 atom stereocenters.